The minimum atomic E-state index is -1.31. The van der Waals surface area contributed by atoms with Crippen LogP contribution in [-0.4, -0.2) is 21.5 Å². The average Bonchev–Trinajstić information content (AvgIpc) is 3.16. The molecule has 1 fully saturated rings. The maximum Gasteiger partial charge on any atom is 0.175 e. The molecule has 1 aliphatic heterocycles. The Morgan fingerprint density at radius 1 is 1.16 bits per heavy atom. The van der Waals surface area contributed by atoms with Crippen LogP contribution in [0, 0.1) is 45.1 Å². The lowest BCUT2D eigenvalue weighted by atomic mass is 9.97. The zero-order valence-corrected chi connectivity index (χ0v) is 15.3. The van der Waals surface area contributed by atoms with E-state index in [0.717, 1.165) is 12.1 Å². The van der Waals surface area contributed by atoms with Gasteiger partial charge in [0.15, 0.2) is 15.8 Å². The van der Waals surface area contributed by atoms with E-state index in [2.05, 4.69) is 17.1 Å². The molecule has 2 aliphatic rings. The van der Waals surface area contributed by atoms with Gasteiger partial charge in [0.2, 0.25) is 0 Å². The van der Waals surface area contributed by atoms with Gasteiger partial charge in [-0.25, -0.2) is 13.8 Å². The van der Waals surface area contributed by atoms with Crippen molar-refractivity contribution in [2.75, 3.05) is 11.5 Å². The smallest absolute Gasteiger partial charge is 0.175 e. The number of nitrogens with two attached hydrogens (primary N) is 1. The number of thioether (sulfide) groups is 2. The lowest BCUT2D eigenvalue weighted by Crippen LogP contribution is -2.31. The van der Waals surface area contributed by atoms with Crippen LogP contribution in [0.3, 0.4) is 0 Å². The molecule has 130 valence electrons. The lowest BCUT2D eigenvalue weighted by molar-refractivity contribution is 0.505. The van der Waals surface area contributed by atoms with E-state index in [1.54, 1.807) is 0 Å². The molecule has 1 aliphatic carbocycles. The molecule has 3 unspecified atom stereocenters. The molecule has 0 amide bonds. The maximum atomic E-state index is 13.8. The Bertz CT molecular complexity index is 838. The quantitative estimate of drug-likeness (QED) is 0.791. The zero-order valence-electron chi connectivity index (χ0n) is 13.7. The molecule has 0 saturated heterocycles. The number of amidine groups is 1. The first-order chi connectivity index (χ1) is 11.9. The Kier molecular flexibility index (Phi) is 4.25. The molecular weight excluding hydrogens is 362 g/mol. The van der Waals surface area contributed by atoms with Crippen LogP contribution in [0.15, 0.2) is 23.2 Å². The van der Waals surface area contributed by atoms with Crippen molar-refractivity contribution in [1.82, 2.24) is 0 Å². The predicted molar refractivity (Wildman–Crippen MR) is 95.8 cm³/mol. The summed E-state index contributed by atoms with van der Waals surface area (Å²) in [6, 6.07) is 7.99. The van der Waals surface area contributed by atoms with Crippen molar-refractivity contribution in [1.29, 1.82) is 10.5 Å². The summed E-state index contributed by atoms with van der Waals surface area (Å²) in [6.07, 6.45) is 0. The van der Waals surface area contributed by atoms with Gasteiger partial charge < -0.3 is 5.73 Å². The van der Waals surface area contributed by atoms with E-state index in [1.807, 2.05) is 13.8 Å². The molecule has 2 N–H and O–H groups in total. The highest BCUT2D eigenvalue weighted by atomic mass is 32.2. The molecule has 0 aromatic heterocycles. The number of rotatable bonds is 5. The molecule has 0 bridgehead atoms. The van der Waals surface area contributed by atoms with Crippen LogP contribution in [0.2, 0.25) is 0 Å². The molecule has 8 heteroatoms. The summed E-state index contributed by atoms with van der Waals surface area (Å²) in [4.78, 5) is 4.54. The summed E-state index contributed by atoms with van der Waals surface area (Å²) in [7, 11) is 0. The lowest BCUT2D eigenvalue weighted by Gasteiger charge is -2.31. The minimum Gasteiger partial charge on any atom is -0.386 e. The number of nitriles is 2. The third-order valence-corrected chi connectivity index (χ3v) is 7.78. The molecule has 3 atom stereocenters. The Labute approximate surface area is 153 Å². The molecular formula is C17H16F2N4S2. The van der Waals surface area contributed by atoms with Crippen LogP contribution >= 0.6 is 23.5 Å². The van der Waals surface area contributed by atoms with E-state index in [1.165, 1.54) is 29.6 Å². The first-order valence-corrected chi connectivity index (χ1v) is 9.79. The van der Waals surface area contributed by atoms with Crippen LogP contribution < -0.4 is 5.73 Å². The third-order valence-electron chi connectivity index (χ3n) is 4.88. The van der Waals surface area contributed by atoms with Gasteiger partial charge in [-0.15, -0.1) is 23.5 Å². The summed E-state index contributed by atoms with van der Waals surface area (Å²) in [5, 5.41) is 20.0. The molecule has 1 saturated carbocycles. The second kappa shape index (κ2) is 5.89. The van der Waals surface area contributed by atoms with E-state index in [0.29, 0.717) is 17.1 Å². The van der Waals surface area contributed by atoms with Crippen molar-refractivity contribution in [3.05, 3.63) is 35.4 Å². The van der Waals surface area contributed by atoms with Gasteiger partial charge in [-0.3, -0.25) is 0 Å². The van der Waals surface area contributed by atoms with E-state index >= 15 is 0 Å². The number of aliphatic imine (C=N–C) groups is 1. The van der Waals surface area contributed by atoms with Crippen molar-refractivity contribution in [2.45, 2.75) is 24.0 Å². The normalized spacial score (nSPS) is 31.6. The van der Waals surface area contributed by atoms with Crippen LogP contribution in [0.5, 0.6) is 0 Å². The second-order valence-corrected chi connectivity index (χ2v) is 9.06. The van der Waals surface area contributed by atoms with E-state index in [4.69, 9.17) is 5.73 Å². The maximum absolute atomic E-state index is 13.8. The van der Waals surface area contributed by atoms with Gasteiger partial charge in [0.05, 0.1) is 12.1 Å². The molecule has 3 rings (SSSR count). The van der Waals surface area contributed by atoms with Gasteiger partial charge in [-0.1, -0.05) is 19.9 Å². The standard InChI is InChI=1S/C17H16F2N4S2/c1-3-24-17(25-4-2)16(9-21)13(15(16,8-20)14(22)23-17)10-5-6-11(18)12(19)7-10/h5-7,13H,3-4H2,1-2H3,(H2,22,23). The van der Waals surface area contributed by atoms with E-state index < -0.39 is 32.6 Å². The van der Waals surface area contributed by atoms with Gasteiger partial charge in [0.25, 0.3) is 0 Å². The van der Waals surface area contributed by atoms with Gasteiger partial charge in [0, 0.05) is 5.92 Å². The number of hydrogen-bond donors (Lipinski definition) is 1. The Morgan fingerprint density at radius 2 is 1.80 bits per heavy atom. The van der Waals surface area contributed by atoms with Crippen molar-refractivity contribution in [3.63, 3.8) is 0 Å². The fraction of sp³-hybridized carbons (Fsp3) is 0.471. The van der Waals surface area contributed by atoms with E-state index in [-0.39, 0.29) is 5.84 Å². The average molecular weight is 378 g/mol. The highest BCUT2D eigenvalue weighted by Crippen LogP contribution is 2.85. The van der Waals surface area contributed by atoms with Crippen LogP contribution in [0.25, 0.3) is 0 Å². The first kappa shape index (κ1) is 18.0. The SMILES string of the molecule is CCSC1(SCC)N=C(N)C2(C#N)C(c3ccc(F)c(F)c3)C12C#N. The summed E-state index contributed by atoms with van der Waals surface area (Å²) in [6.45, 7) is 3.89. The van der Waals surface area contributed by atoms with Gasteiger partial charge in [0.1, 0.15) is 16.7 Å². The molecule has 1 heterocycles. The largest absolute Gasteiger partial charge is 0.386 e. The Balaban J connectivity index is 2.23. The third kappa shape index (κ3) is 1.95. The molecule has 1 aromatic carbocycles. The highest BCUT2D eigenvalue weighted by Gasteiger charge is 2.91. The molecule has 0 radical (unpaired) electrons. The van der Waals surface area contributed by atoms with Crippen LogP contribution in [0.1, 0.15) is 25.3 Å². The molecule has 25 heavy (non-hydrogen) atoms. The number of benzene rings is 1. The number of halogens is 2. The minimum absolute atomic E-state index is 0.105. The first-order valence-electron chi connectivity index (χ1n) is 7.81. The predicted octanol–water partition coefficient (Wildman–Crippen LogP) is 3.61. The molecule has 0 spiro atoms. The molecule has 4 nitrogen and oxygen atoms in total. The summed E-state index contributed by atoms with van der Waals surface area (Å²) >= 11 is 2.92. The fourth-order valence-corrected chi connectivity index (χ4v) is 7.19. The zero-order chi connectivity index (χ0) is 18.5. The van der Waals surface area contributed by atoms with Gasteiger partial charge >= 0.3 is 0 Å². The fourth-order valence-electron chi connectivity index (χ4n) is 3.94. The molecule has 1 aromatic rings. The number of hydrogen-bond acceptors (Lipinski definition) is 6. The number of fused-ring (bicyclic) bond motifs is 1. The number of nitrogens with zero attached hydrogens (tertiary/aromatic N) is 3. The van der Waals surface area contributed by atoms with Crippen molar-refractivity contribution >= 4 is 29.4 Å². The van der Waals surface area contributed by atoms with Crippen molar-refractivity contribution < 1.29 is 8.78 Å². The van der Waals surface area contributed by atoms with Crippen LogP contribution in [0.4, 0.5) is 8.78 Å². The monoisotopic (exact) mass is 378 g/mol. The van der Waals surface area contributed by atoms with Crippen LogP contribution in [-0.2, 0) is 0 Å². The summed E-state index contributed by atoms with van der Waals surface area (Å²) in [5.74, 6) is -1.14. The van der Waals surface area contributed by atoms with Gasteiger partial charge in [-0.2, -0.15) is 10.5 Å². The topological polar surface area (TPSA) is 86.0 Å². The summed E-state index contributed by atoms with van der Waals surface area (Å²) in [5.41, 5.74) is 4.03. The van der Waals surface area contributed by atoms with E-state index in [9.17, 15) is 19.3 Å². The highest BCUT2D eigenvalue weighted by molar-refractivity contribution is 8.18. The van der Waals surface area contributed by atoms with Crippen molar-refractivity contribution in [2.24, 2.45) is 21.6 Å². The van der Waals surface area contributed by atoms with Gasteiger partial charge in [-0.05, 0) is 29.2 Å². The summed E-state index contributed by atoms with van der Waals surface area (Å²) < 4.78 is 26.2. The Morgan fingerprint density at radius 3 is 2.28 bits per heavy atom. The second-order valence-electron chi connectivity index (χ2n) is 5.89. The van der Waals surface area contributed by atoms with Crippen molar-refractivity contribution in [3.8, 4) is 12.1 Å². The Hall–Kier alpha value is -1.77.